The Morgan fingerprint density at radius 3 is 2.70 bits per heavy atom. The summed E-state index contributed by atoms with van der Waals surface area (Å²) in [7, 11) is 0. The zero-order valence-electron chi connectivity index (χ0n) is 10.9. The molecule has 20 heavy (non-hydrogen) atoms. The Hall–Kier alpha value is -2.41. The summed E-state index contributed by atoms with van der Waals surface area (Å²) in [5.41, 5.74) is 9.36. The van der Waals surface area contributed by atoms with Crippen molar-refractivity contribution in [3.05, 3.63) is 53.4 Å². The Balaban J connectivity index is 2.06. The first-order valence-corrected chi connectivity index (χ1v) is 6.32. The van der Waals surface area contributed by atoms with E-state index in [-0.39, 0.29) is 10.8 Å². The molecular formula is C13H14N4O2S. The predicted octanol–water partition coefficient (Wildman–Crippen LogP) is 1.37. The van der Waals surface area contributed by atoms with E-state index in [1.807, 2.05) is 30.3 Å². The van der Waals surface area contributed by atoms with Crippen LogP contribution in [0.2, 0.25) is 0 Å². The maximum atomic E-state index is 12.0. The van der Waals surface area contributed by atoms with E-state index in [1.54, 1.807) is 6.92 Å². The van der Waals surface area contributed by atoms with Gasteiger partial charge in [0.15, 0.2) is 10.8 Å². The molecule has 2 rings (SSSR count). The number of benzene rings is 1. The second-order valence-electron chi connectivity index (χ2n) is 4.17. The van der Waals surface area contributed by atoms with Gasteiger partial charge < -0.3 is 10.3 Å². The SMILES string of the molecule is Cc1cc(C(=O)NN(Cc2ccccc2)C(N)=S)no1. The lowest BCUT2D eigenvalue weighted by Gasteiger charge is -2.22. The average Bonchev–Trinajstić information content (AvgIpc) is 2.86. The number of carbonyl (C=O) groups excluding carboxylic acids is 1. The van der Waals surface area contributed by atoms with Crippen molar-refractivity contribution in [2.45, 2.75) is 13.5 Å². The Morgan fingerprint density at radius 1 is 1.45 bits per heavy atom. The Kier molecular flexibility index (Phi) is 4.31. The molecule has 1 amide bonds. The standard InChI is InChI=1S/C13H14N4O2S/c1-9-7-11(16-19-9)12(18)15-17(13(14)20)8-10-5-3-2-4-6-10/h2-7H,8H2,1H3,(H2,14,20)(H,15,18). The maximum Gasteiger partial charge on any atom is 0.292 e. The van der Waals surface area contributed by atoms with Gasteiger partial charge in [-0.25, -0.2) is 0 Å². The number of carbonyl (C=O) groups is 1. The van der Waals surface area contributed by atoms with E-state index in [2.05, 4.69) is 10.6 Å². The molecule has 0 unspecified atom stereocenters. The zero-order valence-corrected chi connectivity index (χ0v) is 11.7. The summed E-state index contributed by atoms with van der Waals surface area (Å²) >= 11 is 4.93. The van der Waals surface area contributed by atoms with E-state index < -0.39 is 5.91 Å². The summed E-state index contributed by atoms with van der Waals surface area (Å²) in [6, 6.07) is 11.1. The van der Waals surface area contributed by atoms with Gasteiger partial charge in [0.05, 0.1) is 6.54 Å². The van der Waals surface area contributed by atoms with Crippen LogP contribution in [0.1, 0.15) is 21.8 Å². The van der Waals surface area contributed by atoms with Gasteiger partial charge in [-0.3, -0.25) is 15.2 Å². The summed E-state index contributed by atoms with van der Waals surface area (Å²) < 4.78 is 4.85. The van der Waals surface area contributed by atoms with Crippen LogP contribution in [0.3, 0.4) is 0 Å². The summed E-state index contributed by atoms with van der Waals surface area (Å²) in [5, 5.41) is 5.09. The number of thiocarbonyl (C=S) groups is 1. The second kappa shape index (κ2) is 6.16. The number of hydrogen-bond donors (Lipinski definition) is 2. The molecule has 7 heteroatoms. The molecule has 104 valence electrons. The molecule has 1 aromatic carbocycles. The molecule has 1 aromatic heterocycles. The molecule has 0 bridgehead atoms. The van der Waals surface area contributed by atoms with Crippen molar-refractivity contribution >= 4 is 23.2 Å². The Morgan fingerprint density at radius 2 is 2.15 bits per heavy atom. The van der Waals surface area contributed by atoms with Gasteiger partial charge in [0.2, 0.25) is 0 Å². The van der Waals surface area contributed by atoms with Crippen LogP contribution >= 0.6 is 12.2 Å². The van der Waals surface area contributed by atoms with Gasteiger partial charge >= 0.3 is 0 Å². The number of nitrogens with one attached hydrogen (secondary N) is 1. The molecule has 0 spiro atoms. The maximum absolute atomic E-state index is 12.0. The summed E-state index contributed by atoms with van der Waals surface area (Å²) in [6.45, 7) is 2.08. The van der Waals surface area contributed by atoms with Crippen molar-refractivity contribution in [3.8, 4) is 0 Å². The smallest absolute Gasteiger partial charge is 0.292 e. The van der Waals surface area contributed by atoms with E-state index in [4.69, 9.17) is 22.5 Å². The first-order chi connectivity index (χ1) is 9.56. The fourth-order valence-electron chi connectivity index (χ4n) is 1.59. The van der Waals surface area contributed by atoms with Crippen molar-refractivity contribution in [3.63, 3.8) is 0 Å². The van der Waals surface area contributed by atoms with Crippen LogP contribution in [0.15, 0.2) is 40.9 Å². The van der Waals surface area contributed by atoms with E-state index in [0.29, 0.717) is 12.3 Å². The van der Waals surface area contributed by atoms with Crippen LogP contribution < -0.4 is 11.2 Å². The highest BCUT2D eigenvalue weighted by Crippen LogP contribution is 2.05. The topological polar surface area (TPSA) is 84.4 Å². The van der Waals surface area contributed by atoms with E-state index in [0.717, 1.165) is 5.56 Å². The van der Waals surface area contributed by atoms with Crippen LogP contribution in [-0.4, -0.2) is 21.2 Å². The fourth-order valence-corrected chi connectivity index (χ4v) is 1.70. The molecule has 1 heterocycles. The van der Waals surface area contributed by atoms with Crippen molar-refractivity contribution in [1.29, 1.82) is 0 Å². The van der Waals surface area contributed by atoms with Gasteiger partial charge in [-0.2, -0.15) is 0 Å². The van der Waals surface area contributed by atoms with Gasteiger partial charge in [-0.15, -0.1) is 0 Å². The molecule has 0 aliphatic rings. The third kappa shape index (κ3) is 3.55. The number of hydrogen-bond acceptors (Lipinski definition) is 4. The average molecular weight is 290 g/mol. The van der Waals surface area contributed by atoms with Crippen molar-refractivity contribution in [2.24, 2.45) is 5.73 Å². The first-order valence-electron chi connectivity index (χ1n) is 5.91. The third-order valence-corrected chi connectivity index (χ3v) is 2.77. The van der Waals surface area contributed by atoms with Crippen molar-refractivity contribution in [1.82, 2.24) is 15.6 Å². The van der Waals surface area contributed by atoms with Crippen LogP contribution in [0.4, 0.5) is 0 Å². The van der Waals surface area contributed by atoms with E-state index >= 15 is 0 Å². The van der Waals surface area contributed by atoms with E-state index in [9.17, 15) is 4.79 Å². The lowest BCUT2D eigenvalue weighted by atomic mass is 10.2. The van der Waals surface area contributed by atoms with Crippen LogP contribution in [0.5, 0.6) is 0 Å². The van der Waals surface area contributed by atoms with Gasteiger partial charge in [-0.05, 0) is 24.7 Å². The third-order valence-electron chi connectivity index (χ3n) is 2.55. The number of aromatic nitrogens is 1. The van der Waals surface area contributed by atoms with Crippen LogP contribution in [-0.2, 0) is 6.54 Å². The minimum Gasteiger partial charge on any atom is -0.375 e. The molecule has 2 aromatic rings. The van der Waals surface area contributed by atoms with Crippen molar-refractivity contribution in [2.75, 3.05) is 0 Å². The summed E-state index contributed by atoms with van der Waals surface area (Å²) in [5.74, 6) is 0.130. The molecule has 0 fully saturated rings. The van der Waals surface area contributed by atoms with Crippen LogP contribution in [0.25, 0.3) is 0 Å². The second-order valence-corrected chi connectivity index (χ2v) is 4.59. The number of amides is 1. The number of nitrogens with zero attached hydrogens (tertiary/aromatic N) is 2. The van der Waals surface area contributed by atoms with Gasteiger partial charge in [-0.1, -0.05) is 35.5 Å². The summed E-state index contributed by atoms with van der Waals surface area (Å²) in [4.78, 5) is 12.0. The lowest BCUT2D eigenvalue weighted by Crippen LogP contribution is -2.48. The number of nitrogens with two attached hydrogens (primary N) is 1. The molecule has 0 atom stereocenters. The molecular weight excluding hydrogens is 276 g/mol. The minimum absolute atomic E-state index is 0.0717. The predicted molar refractivity (Wildman–Crippen MR) is 77.5 cm³/mol. The van der Waals surface area contributed by atoms with Crippen molar-refractivity contribution < 1.29 is 9.32 Å². The monoisotopic (exact) mass is 290 g/mol. The Labute approximate surface area is 121 Å². The first kappa shape index (κ1) is 14.0. The van der Waals surface area contributed by atoms with Gasteiger partial charge in [0.1, 0.15) is 5.76 Å². The minimum atomic E-state index is -0.425. The highest BCUT2D eigenvalue weighted by atomic mass is 32.1. The highest BCUT2D eigenvalue weighted by molar-refractivity contribution is 7.80. The van der Waals surface area contributed by atoms with Gasteiger partial charge in [0, 0.05) is 6.07 Å². The molecule has 6 nitrogen and oxygen atoms in total. The van der Waals surface area contributed by atoms with Crippen LogP contribution in [0, 0.1) is 6.92 Å². The number of rotatable bonds is 3. The quantitative estimate of drug-likeness (QED) is 0.656. The molecule has 3 N–H and O–H groups in total. The number of hydrazine groups is 1. The number of aryl methyl sites for hydroxylation is 1. The molecule has 0 saturated carbocycles. The van der Waals surface area contributed by atoms with E-state index in [1.165, 1.54) is 11.1 Å². The molecule has 0 radical (unpaired) electrons. The zero-order chi connectivity index (χ0) is 14.5. The summed E-state index contributed by atoms with van der Waals surface area (Å²) in [6.07, 6.45) is 0. The lowest BCUT2D eigenvalue weighted by molar-refractivity contribution is 0.0856. The fraction of sp³-hybridized carbons (Fsp3) is 0.154. The normalized spacial score (nSPS) is 10.1. The molecule has 0 aliphatic carbocycles. The molecule has 0 saturated heterocycles. The largest absolute Gasteiger partial charge is 0.375 e. The highest BCUT2D eigenvalue weighted by Gasteiger charge is 2.16. The Bertz CT molecular complexity index is 612. The molecule has 0 aliphatic heterocycles. The van der Waals surface area contributed by atoms with Gasteiger partial charge in [0.25, 0.3) is 5.91 Å².